The second-order valence-electron chi connectivity index (χ2n) is 5.44. The van der Waals surface area contributed by atoms with Crippen LogP contribution in [0, 0.1) is 5.41 Å². The van der Waals surface area contributed by atoms with Crippen molar-refractivity contribution < 1.29 is 4.74 Å². The molecule has 1 fully saturated rings. The molecule has 4 nitrogen and oxygen atoms in total. The summed E-state index contributed by atoms with van der Waals surface area (Å²) in [6, 6.07) is 12.4. The summed E-state index contributed by atoms with van der Waals surface area (Å²) in [7, 11) is 1.61. The van der Waals surface area contributed by atoms with Crippen LogP contribution < -0.4 is 10.1 Å². The van der Waals surface area contributed by atoms with Gasteiger partial charge < -0.3 is 10.1 Å². The Balaban J connectivity index is 1.60. The van der Waals surface area contributed by atoms with E-state index in [4.69, 9.17) is 4.74 Å². The Morgan fingerprint density at radius 1 is 1.20 bits per heavy atom. The lowest BCUT2D eigenvalue weighted by atomic mass is 9.96. The zero-order chi connectivity index (χ0) is 13.8. The first-order valence-corrected chi connectivity index (χ1v) is 6.95. The van der Waals surface area contributed by atoms with Gasteiger partial charge in [-0.05, 0) is 30.2 Å². The van der Waals surface area contributed by atoms with Crippen molar-refractivity contribution in [2.24, 2.45) is 5.41 Å². The van der Waals surface area contributed by atoms with Crippen LogP contribution in [-0.4, -0.2) is 23.6 Å². The van der Waals surface area contributed by atoms with E-state index in [9.17, 15) is 0 Å². The van der Waals surface area contributed by atoms with E-state index in [0.29, 0.717) is 17.2 Å². The van der Waals surface area contributed by atoms with Crippen molar-refractivity contribution >= 4 is 5.95 Å². The van der Waals surface area contributed by atoms with Crippen LogP contribution in [0.5, 0.6) is 5.88 Å². The third-order valence-electron chi connectivity index (χ3n) is 3.84. The van der Waals surface area contributed by atoms with Crippen molar-refractivity contribution in [2.75, 3.05) is 19.0 Å². The van der Waals surface area contributed by atoms with E-state index in [-0.39, 0.29) is 0 Å². The zero-order valence-corrected chi connectivity index (χ0v) is 11.7. The Kier molecular flexibility index (Phi) is 3.54. The van der Waals surface area contributed by atoms with Gasteiger partial charge in [0.1, 0.15) is 0 Å². The maximum atomic E-state index is 5.11. The number of methoxy groups -OCH3 is 1. The SMILES string of the molecule is COc1ccnc(NCC2(Cc3ccccc3)CC2)n1. The van der Waals surface area contributed by atoms with E-state index in [1.54, 1.807) is 19.4 Å². The van der Waals surface area contributed by atoms with Gasteiger partial charge in [-0.2, -0.15) is 4.98 Å². The molecule has 0 unspecified atom stereocenters. The van der Waals surface area contributed by atoms with E-state index < -0.39 is 0 Å². The molecule has 1 N–H and O–H groups in total. The van der Waals surface area contributed by atoms with Crippen LogP contribution in [0.15, 0.2) is 42.6 Å². The molecule has 0 saturated heterocycles. The van der Waals surface area contributed by atoms with Gasteiger partial charge in [-0.1, -0.05) is 30.3 Å². The van der Waals surface area contributed by atoms with Crippen LogP contribution in [0.25, 0.3) is 0 Å². The highest BCUT2D eigenvalue weighted by Crippen LogP contribution is 2.48. The van der Waals surface area contributed by atoms with Crippen LogP contribution in [0.2, 0.25) is 0 Å². The minimum absolute atomic E-state index is 0.369. The summed E-state index contributed by atoms with van der Waals surface area (Å²) in [6.45, 7) is 0.912. The highest BCUT2D eigenvalue weighted by Gasteiger charge is 2.42. The minimum atomic E-state index is 0.369. The molecule has 0 bridgehead atoms. The molecule has 1 heterocycles. The Bertz CT molecular complexity index is 567. The van der Waals surface area contributed by atoms with Gasteiger partial charge in [0, 0.05) is 18.8 Å². The van der Waals surface area contributed by atoms with Gasteiger partial charge in [0.15, 0.2) is 0 Å². The number of ether oxygens (including phenoxy) is 1. The van der Waals surface area contributed by atoms with Crippen molar-refractivity contribution in [2.45, 2.75) is 19.3 Å². The fourth-order valence-corrected chi connectivity index (χ4v) is 2.43. The monoisotopic (exact) mass is 269 g/mol. The number of hydrogen-bond acceptors (Lipinski definition) is 4. The van der Waals surface area contributed by atoms with E-state index in [0.717, 1.165) is 13.0 Å². The lowest BCUT2D eigenvalue weighted by Crippen LogP contribution is -2.19. The molecular weight excluding hydrogens is 250 g/mol. The molecule has 2 aromatic rings. The van der Waals surface area contributed by atoms with E-state index in [1.807, 2.05) is 0 Å². The third kappa shape index (κ3) is 3.07. The van der Waals surface area contributed by atoms with Crippen LogP contribution in [0.1, 0.15) is 18.4 Å². The Labute approximate surface area is 119 Å². The fraction of sp³-hybridized carbons (Fsp3) is 0.375. The summed E-state index contributed by atoms with van der Waals surface area (Å²) in [6.07, 6.45) is 5.35. The Morgan fingerprint density at radius 3 is 2.70 bits per heavy atom. The van der Waals surface area contributed by atoms with E-state index in [1.165, 1.54) is 18.4 Å². The average molecular weight is 269 g/mol. The normalized spacial score (nSPS) is 15.7. The van der Waals surface area contributed by atoms with Gasteiger partial charge in [0.2, 0.25) is 11.8 Å². The highest BCUT2D eigenvalue weighted by molar-refractivity contribution is 5.29. The van der Waals surface area contributed by atoms with E-state index >= 15 is 0 Å². The second-order valence-corrected chi connectivity index (χ2v) is 5.44. The van der Waals surface area contributed by atoms with Crippen molar-refractivity contribution in [3.05, 3.63) is 48.2 Å². The topological polar surface area (TPSA) is 47.0 Å². The van der Waals surface area contributed by atoms with Crippen LogP contribution in [0.4, 0.5) is 5.95 Å². The maximum Gasteiger partial charge on any atom is 0.225 e. The third-order valence-corrected chi connectivity index (χ3v) is 3.84. The molecule has 1 aliphatic carbocycles. The summed E-state index contributed by atoms with van der Waals surface area (Å²) in [4.78, 5) is 8.51. The van der Waals surface area contributed by atoms with Gasteiger partial charge in [-0.25, -0.2) is 4.98 Å². The van der Waals surface area contributed by atoms with E-state index in [2.05, 4.69) is 45.6 Å². The Hall–Kier alpha value is -2.10. The highest BCUT2D eigenvalue weighted by atomic mass is 16.5. The Morgan fingerprint density at radius 2 is 2.00 bits per heavy atom. The van der Waals surface area contributed by atoms with Gasteiger partial charge in [-0.15, -0.1) is 0 Å². The molecule has 0 aliphatic heterocycles. The molecule has 4 heteroatoms. The first-order chi connectivity index (χ1) is 9.80. The first-order valence-electron chi connectivity index (χ1n) is 6.95. The molecule has 0 spiro atoms. The summed E-state index contributed by atoms with van der Waals surface area (Å²) in [5.41, 5.74) is 1.77. The van der Waals surface area contributed by atoms with Gasteiger partial charge in [0.05, 0.1) is 7.11 Å². The molecule has 20 heavy (non-hydrogen) atoms. The molecule has 0 atom stereocenters. The van der Waals surface area contributed by atoms with Gasteiger partial charge in [-0.3, -0.25) is 0 Å². The fourth-order valence-electron chi connectivity index (χ4n) is 2.43. The summed E-state index contributed by atoms with van der Waals surface area (Å²) < 4.78 is 5.11. The van der Waals surface area contributed by atoms with Crippen molar-refractivity contribution in [1.82, 2.24) is 9.97 Å². The van der Waals surface area contributed by atoms with Crippen LogP contribution >= 0.6 is 0 Å². The lowest BCUT2D eigenvalue weighted by molar-refractivity contribution is 0.397. The predicted molar refractivity (Wildman–Crippen MR) is 78.9 cm³/mol. The zero-order valence-electron chi connectivity index (χ0n) is 11.7. The number of hydrogen-bond donors (Lipinski definition) is 1. The second kappa shape index (κ2) is 5.49. The van der Waals surface area contributed by atoms with Gasteiger partial charge >= 0.3 is 0 Å². The summed E-state index contributed by atoms with van der Waals surface area (Å²) >= 11 is 0. The maximum absolute atomic E-state index is 5.11. The van der Waals surface area contributed by atoms with Crippen molar-refractivity contribution in [3.63, 3.8) is 0 Å². The molecule has 1 aromatic carbocycles. The van der Waals surface area contributed by atoms with Gasteiger partial charge in [0.25, 0.3) is 0 Å². The van der Waals surface area contributed by atoms with Crippen molar-refractivity contribution in [1.29, 1.82) is 0 Å². The molecule has 0 amide bonds. The molecular formula is C16H19N3O. The molecule has 1 aliphatic rings. The lowest BCUT2D eigenvalue weighted by Gasteiger charge is -2.16. The van der Waals surface area contributed by atoms with Crippen LogP contribution in [-0.2, 0) is 6.42 Å². The summed E-state index contributed by atoms with van der Waals surface area (Å²) in [5.74, 6) is 1.24. The number of benzene rings is 1. The number of nitrogens with zero attached hydrogens (tertiary/aromatic N) is 2. The molecule has 1 saturated carbocycles. The quantitative estimate of drug-likeness (QED) is 0.876. The summed E-state index contributed by atoms with van der Waals surface area (Å²) in [5, 5.41) is 3.34. The minimum Gasteiger partial charge on any atom is -0.481 e. The number of anilines is 1. The number of aromatic nitrogens is 2. The standard InChI is InChI=1S/C16H19N3O/c1-20-14-7-10-17-15(19-14)18-12-16(8-9-16)11-13-5-3-2-4-6-13/h2-7,10H,8-9,11-12H2,1H3,(H,17,18,19). The van der Waals surface area contributed by atoms with Crippen molar-refractivity contribution in [3.8, 4) is 5.88 Å². The number of rotatable bonds is 6. The number of nitrogens with one attached hydrogen (secondary N) is 1. The molecule has 1 aromatic heterocycles. The molecule has 0 radical (unpaired) electrons. The average Bonchev–Trinajstić information content (AvgIpc) is 3.26. The van der Waals surface area contributed by atoms with Crippen LogP contribution in [0.3, 0.4) is 0 Å². The largest absolute Gasteiger partial charge is 0.481 e. The molecule has 3 rings (SSSR count). The predicted octanol–water partition coefficient (Wildman–Crippen LogP) is 2.92. The molecule has 104 valence electrons. The first kappa shape index (κ1) is 12.9. The smallest absolute Gasteiger partial charge is 0.225 e.